The number of hydrogen-bond donors (Lipinski definition) is 1. The summed E-state index contributed by atoms with van der Waals surface area (Å²) in [5.41, 5.74) is -0.237. The lowest BCUT2D eigenvalue weighted by Gasteiger charge is -2.27. The van der Waals surface area contributed by atoms with Crippen LogP contribution in [-0.4, -0.2) is 29.5 Å². The molecule has 0 bridgehead atoms. The zero-order valence-corrected chi connectivity index (χ0v) is 16.2. The van der Waals surface area contributed by atoms with Gasteiger partial charge in [0.15, 0.2) is 0 Å². The summed E-state index contributed by atoms with van der Waals surface area (Å²) in [7, 11) is 0. The molecule has 0 aliphatic carbocycles. The van der Waals surface area contributed by atoms with E-state index in [2.05, 4.69) is 4.74 Å². The third-order valence-corrected chi connectivity index (χ3v) is 4.40. The molecule has 28 heavy (non-hydrogen) atoms. The number of carbonyl (C=O) groups is 1. The van der Waals surface area contributed by atoms with Crippen LogP contribution in [0, 0.1) is 20.8 Å². The molecule has 6 heteroatoms. The number of rotatable bonds is 5. The van der Waals surface area contributed by atoms with Gasteiger partial charge in [-0.05, 0) is 61.6 Å². The van der Waals surface area contributed by atoms with Crippen molar-refractivity contribution in [1.29, 1.82) is 0 Å². The van der Waals surface area contributed by atoms with Crippen LogP contribution in [-0.2, 0) is 9.53 Å². The second-order valence-corrected chi connectivity index (χ2v) is 6.68. The average Bonchev–Trinajstić information content (AvgIpc) is 2.59. The minimum absolute atomic E-state index is 0.114. The van der Waals surface area contributed by atoms with E-state index in [-0.39, 0.29) is 12.2 Å². The van der Waals surface area contributed by atoms with E-state index in [9.17, 15) is 23.1 Å². The minimum Gasteiger partial charge on any atom is -0.463 e. The molecule has 0 saturated heterocycles. The predicted octanol–water partition coefficient (Wildman–Crippen LogP) is 4.90. The van der Waals surface area contributed by atoms with Crippen molar-refractivity contribution in [3.63, 3.8) is 0 Å². The van der Waals surface area contributed by atoms with Crippen molar-refractivity contribution in [2.45, 2.75) is 39.5 Å². The van der Waals surface area contributed by atoms with Crippen LogP contribution in [0.3, 0.4) is 0 Å². The highest BCUT2D eigenvalue weighted by molar-refractivity contribution is 5.91. The first-order valence-electron chi connectivity index (χ1n) is 8.84. The first-order valence-corrected chi connectivity index (χ1v) is 8.84. The van der Waals surface area contributed by atoms with E-state index in [4.69, 9.17) is 0 Å². The Balaban J connectivity index is 2.84. The van der Waals surface area contributed by atoms with E-state index in [0.29, 0.717) is 17.2 Å². The molecule has 1 atom stereocenters. The van der Waals surface area contributed by atoms with Crippen molar-refractivity contribution in [1.82, 2.24) is 0 Å². The normalized spacial score (nSPS) is 14.5. The SMILES string of the molecule is CCOC(=O)[C@](O)(/C=C(\c1ccccc1)c1c(C)cc(C)cc1C)C(F)(F)F. The molecule has 0 unspecified atom stereocenters. The summed E-state index contributed by atoms with van der Waals surface area (Å²) in [5.74, 6) is -1.75. The molecular weight excluding hydrogens is 369 g/mol. The van der Waals surface area contributed by atoms with E-state index < -0.39 is 17.7 Å². The molecule has 2 rings (SSSR count). The Hall–Kier alpha value is -2.60. The van der Waals surface area contributed by atoms with Gasteiger partial charge in [-0.2, -0.15) is 13.2 Å². The first kappa shape index (κ1) is 21.7. The van der Waals surface area contributed by atoms with Crippen LogP contribution in [0.25, 0.3) is 5.57 Å². The van der Waals surface area contributed by atoms with E-state index in [1.54, 1.807) is 44.2 Å². The fourth-order valence-electron chi connectivity index (χ4n) is 3.23. The zero-order chi connectivity index (χ0) is 21.1. The van der Waals surface area contributed by atoms with Crippen LogP contribution < -0.4 is 0 Å². The number of benzene rings is 2. The molecule has 0 fully saturated rings. The number of aryl methyl sites for hydroxylation is 3. The predicted molar refractivity (Wildman–Crippen MR) is 102 cm³/mol. The second kappa shape index (κ2) is 8.19. The highest BCUT2D eigenvalue weighted by Crippen LogP contribution is 2.38. The van der Waals surface area contributed by atoms with Crippen molar-refractivity contribution in [2.24, 2.45) is 0 Å². The number of aliphatic hydroxyl groups is 1. The van der Waals surface area contributed by atoms with Crippen LogP contribution in [0.2, 0.25) is 0 Å². The number of halogens is 3. The molecule has 0 aliphatic rings. The number of esters is 1. The molecule has 2 aromatic rings. The zero-order valence-electron chi connectivity index (χ0n) is 16.2. The summed E-state index contributed by atoms with van der Waals surface area (Å²) < 4.78 is 45.8. The quantitative estimate of drug-likeness (QED) is 0.737. The summed E-state index contributed by atoms with van der Waals surface area (Å²) in [6.45, 7) is 6.55. The van der Waals surface area contributed by atoms with Crippen LogP contribution in [0.1, 0.15) is 34.7 Å². The van der Waals surface area contributed by atoms with Gasteiger partial charge in [0.2, 0.25) is 0 Å². The Morgan fingerprint density at radius 1 is 1.07 bits per heavy atom. The fourth-order valence-corrected chi connectivity index (χ4v) is 3.23. The lowest BCUT2D eigenvalue weighted by Crippen LogP contribution is -2.51. The first-order chi connectivity index (χ1) is 13.0. The molecule has 0 aliphatic heterocycles. The van der Waals surface area contributed by atoms with Gasteiger partial charge in [0.1, 0.15) is 0 Å². The van der Waals surface area contributed by atoms with E-state index >= 15 is 0 Å². The highest BCUT2D eigenvalue weighted by atomic mass is 19.4. The Labute approximate surface area is 162 Å². The third kappa shape index (κ3) is 4.28. The molecule has 0 amide bonds. The summed E-state index contributed by atoms with van der Waals surface area (Å²) in [4.78, 5) is 12.1. The van der Waals surface area contributed by atoms with Gasteiger partial charge in [-0.25, -0.2) is 4.79 Å². The number of carbonyl (C=O) groups excluding carboxylic acids is 1. The summed E-state index contributed by atoms with van der Waals surface area (Å²) in [6, 6.07) is 12.0. The van der Waals surface area contributed by atoms with Gasteiger partial charge in [0, 0.05) is 0 Å². The van der Waals surface area contributed by atoms with Gasteiger partial charge >= 0.3 is 12.1 Å². The maximum atomic E-state index is 13.7. The van der Waals surface area contributed by atoms with Crippen molar-refractivity contribution in [3.8, 4) is 0 Å². The topological polar surface area (TPSA) is 46.5 Å². The summed E-state index contributed by atoms with van der Waals surface area (Å²) in [5, 5.41) is 10.4. The Kier molecular flexibility index (Phi) is 6.34. The molecule has 0 radical (unpaired) electrons. The molecule has 0 spiro atoms. The van der Waals surface area contributed by atoms with Crippen LogP contribution in [0.4, 0.5) is 13.2 Å². The van der Waals surface area contributed by atoms with E-state index in [1.807, 2.05) is 19.1 Å². The minimum atomic E-state index is -5.24. The lowest BCUT2D eigenvalue weighted by atomic mass is 9.86. The largest absolute Gasteiger partial charge is 0.463 e. The lowest BCUT2D eigenvalue weighted by molar-refractivity contribution is -0.245. The van der Waals surface area contributed by atoms with Gasteiger partial charge in [-0.3, -0.25) is 0 Å². The van der Waals surface area contributed by atoms with Gasteiger partial charge in [-0.1, -0.05) is 48.0 Å². The van der Waals surface area contributed by atoms with Gasteiger partial charge in [0.05, 0.1) is 6.61 Å². The molecule has 150 valence electrons. The van der Waals surface area contributed by atoms with Crippen LogP contribution in [0.15, 0.2) is 48.5 Å². The van der Waals surface area contributed by atoms with Crippen molar-refractivity contribution in [2.75, 3.05) is 6.61 Å². The Morgan fingerprint density at radius 2 is 1.61 bits per heavy atom. The maximum absolute atomic E-state index is 13.7. The average molecular weight is 392 g/mol. The smallest absolute Gasteiger partial charge is 0.431 e. The maximum Gasteiger partial charge on any atom is 0.431 e. The van der Waals surface area contributed by atoms with Crippen molar-refractivity contribution in [3.05, 3.63) is 76.4 Å². The monoisotopic (exact) mass is 392 g/mol. The van der Waals surface area contributed by atoms with Gasteiger partial charge in [0.25, 0.3) is 5.60 Å². The fraction of sp³-hybridized carbons (Fsp3) is 0.318. The number of hydrogen-bond acceptors (Lipinski definition) is 3. The molecule has 1 N–H and O–H groups in total. The summed E-state index contributed by atoms with van der Waals surface area (Å²) in [6.07, 6.45) is -4.68. The van der Waals surface area contributed by atoms with E-state index in [0.717, 1.165) is 16.7 Å². The van der Waals surface area contributed by atoms with Crippen molar-refractivity contribution < 1.29 is 27.8 Å². The molecule has 0 heterocycles. The third-order valence-electron chi connectivity index (χ3n) is 4.40. The molecule has 0 saturated carbocycles. The standard InChI is InChI=1S/C22H23F3O3/c1-5-28-20(26)21(27,22(23,24)25)13-18(17-9-7-6-8-10-17)19-15(3)11-14(2)12-16(19)4/h6-13,27H,5H2,1-4H3/b18-13+/t21-/m1/s1. The Bertz CT molecular complexity index is 863. The molecule has 3 nitrogen and oxygen atoms in total. The Morgan fingerprint density at radius 3 is 2.07 bits per heavy atom. The van der Waals surface area contributed by atoms with Crippen LogP contribution >= 0.6 is 0 Å². The number of alkyl halides is 3. The molecular formula is C22H23F3O3. The summed E-state index contributed by atoms with van der Waals surface area (Å²) >= 11 is 0. The number of ether oxygens (including phenoxy) is 1. The second-order valence-electron chi connectivity index (χ2n) is 6.68. The highest BCUT2D eigenvalue weighted by Gasteiger charge is 2.59. The van der Waals surface area contributed by atoms with Gasteiger partial charge < -0.3 is 9.84 Å². The van der Waals surface area contributed by atoms with E-state index in [1.165, 1.54) is 6.92 Å². The van der Waals surface area contributed by atoms with Crippen molar-refractivity contribution >= 4 is 11.5 Å². The molecule has 0 aromatic heterocycles. The molecule has 2 aromatic carbocycles. The van der Waals surface area contributed by atoms with Gasteiger partial charge in [-0.15, -0.1) is 0 Å². The van der Waals surface area contributed by atoms with Crippen LogP contribution in [0.5, 0.6) is 0 Å².